The molecule has 0 bridgehead atoms. The number of benzene rings is 1. The molecule has 21 heavy (non-hydrogen) atoms. The van der Waals surface area contributed by atoms with Gasteiger partial charge in [0.15, 0.2) is 0 Å². The second-order valence-electron chi connectivity index (χ2n) is 6.21. The fraction of sp³-hybridized carbons (Fsp3) is 0.562. The van der Waals surface area contributed by atoms with Gasteiger partial charge in [0.25, 0.3) is 5.91 Å². The normalized spacial score (nSPS) is 20.4. The molecule has 0 radical (unpaired) electrons. The molecule has 5 heteroatoms. The van der Waals surface area contributed by atoms with E-state index in [2.05, 4.69) is 5.32 Å². The van der Waals surface area contributed by atoms with Crippen LogP contribution in [-0.2, 0) is 0 Å². The molecule has 0 aliphatic carbocycles. The number of rotatable bonds is 1. The molecule has 0 aromatic heterocycles. The van der Waals surface area contributed by atoms with Gasteiger partial charge in [0, 0.05) is 13.1 Å². The van der Waals surface area contributed by atoms with Gasteiger partial charge >= 0.3 is 0 Å². The zero-order valence-electron chi connectivity index (χ0n) is 12.3. The van der Waals surface area contributed by atoms with Crippen molar-refractivity contribution in [1.29, 1.82) is 0 Å². The van der Waals surface area contributed by atoms with Gasteiger partial charge in [-0.3, -0.25) is 4.79 Å². The van der Waals surface area contributed by atoms with Gasteiger partial charge in [0.05, 0.1) is 5.56 Å². The standard InChI is InChI=1S/C16H21FN2O.ClH/c1-12-2-3-14(17)13(10-12)15(20)19-9-6-16(11-19)4-7-18-8-5-16;/h2-3,10,18H,4-9,11H2,1H3;1H. The van der Waals surface area contributed by atoms with Crippen LogP contribution in [0.15, 0.2) is 18.2 Å². The molecule has 3 rings (SSSR count). The van der Waals surface area contributed by atoms with E-state index in [-0.39, 0.29) is 29.3 Å². The molecule has 1 amide bonds. The summed E-state index contributed by atoms with van der Waals surface area (Å²) in [5.74, 6) is -0.562. The number of aryl methyl sites for hydroxylation is 1. The van der Waals surface area contributed by atoms with Crippen molar-refractivity contribution in [2.45, 2.75) is 26.2 Å². The van der Waals surface area contributed by atoms with E-state index >= 15 is 0 Å². The van der Waals surface area contributed by atoms with Crippen molar-refractivity contribution < 1.29 is 9.18 Å². The number of hydrogen-bond acceptors (Lipinski definition) is 2. The minimum atomic E-state index is -0.410. The third-order valence-corrected chi connectivity index (χ3v) is 4.74. The van der Waals surface area contributed by atoms with Gasteiger partial charge in [-0.15, -0.1) is 12.4 Å². The summed E-state index contributed by atoms with van der Waals surface area (Å²) < 4.78 is 13.8. The van der Waals surface area contributed by atoms with Crippen molar-refractivity contribution in [1.82, 2.24) is 10.2 Å². The molecule has 1 aromatic rings. The number of hydrogen-bond donors (Lipinski definition) is 1. The number of likely N-dealkylation sites (tertiary alicyclic amines) is 1. The largest absolute Gasteiger partial charge is 0.338 e. The Morgan fingerprint density at radius 3 is 2.71 bits per heavy atom. The average Bonchev–Trinajstić information content (AvgIpc) is 2.85. The summed E-state index contributed by atoms with van der Waals surface area (Å²) in [5, 5.41) is 3.36. The van der Waals surface area contributed by atoms with Crippen LogP contribution in [0.2, 0.25) is 0 Å². The first-order valence-electron chi connectivity index (χ1n) is 7.36. The lowest BCUT2D eigenvalue weighted by molar-refractivity contribution is 0.0757. The molecule has 2 fully saturated rings. The summed E-state index contributed by atoms with van der Waals surface area (Å²) >= 11 is 0. The lowest BCUT2D eigenvalue weighted by atomic mass is 9.78. The minimum absolute atomic E-state index is 0. The maximum Gasteiger partial charge on any atom is 0.256 e. The number of amides is 1. The molecule has 1 N–H and O–H groups in total. The van der Waals surface area contributed by atoms with Gasteiger partial charge in [-0.2, -0.15) is 0 Å². The second kappa shape index (κ2) is 6.32. The highest BCUT2D eigenvalue weighted by atomic mass is 35.5. The molecule has 0 unspecified atom stereocenters. The lowest BCUT2D eigenvalue weighted by Crippen LogP contribution is -2.39. The highest BCUT2D eigenvalue weighted by molar-refractivity contribution is 5.94. The van der Waals surface area contributed by atoms with Crippen molar-refractivity contribution in [3.63, 3.8) is 0 Å². The summed E-state index contributed by atoms with van der Waals surface area (Å²) in [6.07, 6.45) is 3.29. The summed E-state index contributed by atoms with van der Waals surface area (Å²) in [6.45, 7) is 5.48. The molecular weight excluding hydrogens is 291 g/mol. The van der Waals surface area contributed by atoms with E-state index in [1.807, 2.05) is 11.8 Å². The van der Waals surface area contributed by atoms with Gasteiger partial charge in [0.2, 0.25) is 0 Å². The van der Waals surface area contributed by atoms with Gasteiger partial charge in [-0.1, -0.05) is 11.6 Å². The van der Waals surface area contributed by atoms with Crippen LogP contribution in [0.1, 0.15) is 35.2 Å². The maximum absolute atomic E-state index is 13.8. The molecule has 2 aliphatic rings. The molecule has 2 heterocycles. The van der Waals surface area contributed by atoms with E-state index in [9.17, 15) is 9.18 Å². The Kier molecular flexibility index (Phi) is 4.89. The predicted octanol–water partition coefficient (Wildman–Crippen LogP) is 2.77. The van der Waals surface area contributed by atoms with E-state index in [0.717, 1.165) is 51.0 Å². The molecule has 0 atom stereocenters. The highest BCUT2D eigenvalue weighted by Gasteiger charge is 2.40. The van der Waals surface area contributed by atoms with Gasteiger partial charge in [-0.25, -0.2) is 4.39 Å². The molecule has 2 saturated heterocycles. The Morgan fingerprint density at radius 1 is 1.29 bits per heavy atom. The first kappa shape index (κ1) is 16.2. The lowest BCUT2D eigenvalue weighted by Gasteiger charge is -2.33. The molecule has 2 aliphatic heterocycles. The van der Waals surface area contributed by atoms with Crippen molar-refractivity contribution in [2.75, 3.05) is 26.2 Å². The smallest absolute Gasteiger partial charge is 0.256 e. The molecular formula is C16H22ClFN2O. The topological polar surface area (TPSA) is 32.3 Å². The Labute approximate surface area is 131 Å². The van der Waals surface area contributed by atoms with Crippen LogP contribution in [0.4, 0.5) is 4.39 Å². The Hall–Kier alpha value is -1.13. The first-order valence-corrected chi connectivity index (χ1v) is 7.36. The van der Waals surface area contributed by atoms with Gasteiger partial charge in [0.1, 0.15) is 5.82 Å². The summed E-state index contributed by atoms with van der Waals surface area (Å²) in [6, 6.07) is 4.74. The molecule has 1 spiro atoms. The Bertz CT molecular complexity index is 529. The van der Waals surface area contributed by atoms with Crippen LogP contribution in [0.25, 0.3) is 0 Å². The van der Waals surface area contributed by atoms with Crippen molar-refractivity contribution in [2.24, 2.45) is 5.41 Å². The maximum atomic E-state index is 13.8. The number of carbonyl (C=O) groups is 1. The van der Waals surface area contributed by atoms with E-state index in [1.165, 1.54) is 6.07 Å². The number of nitrogens with one attached hydrogen (secondary N) is 1. The highest BCUT2D eigenvalue weighted by Crippen LogP contribution is 2.39. The molecule has 116 valence electrons. The van der Waals surface area contributed by atoms with Crippen molar-refractivity contribution in [3.05, 3.63) is 35.1 Å². The third-order valence-electron chi connectivity index (χ3n) is 4.74. The molecule has 1 aromatic carbocycles. The Balaban J connectivity index is 0.00000161. The van der Waals surface area contributed by atoms with Gasteiger partial charge in [-0.05, 0) is 56.8 Å². The van der Waals surface area contributed by atoms with Crippen LogP contribution in [0.5, 0.6) is 0 Å². The quantitative estimate of drug-likeness (QED) is 0.865. The number of piperidine rings is 1. The van der Waals surface area contributed by atoms with Crippen molar-refractivity contribution in [3.8, 4) is 0 Å². The molecule has 3 nitrogen and oxygen atoms in total. The van der Waals surface area contributed by atoms with E-state index in [4.69, 9.17) is 0 Å². The zero-order chi connectivity index (χ0) is 14.2. The average molecular weight is 313 g/mol. The Morgan fingerprint density at radius 2 is 2.00 bits per heavy atom. The summed E-state index contributed by atoms with van der Waals surface area (Å²) in [5.41, 5.74) is 1.41. The van der Waals surface area contributed by atoms with E-state index in [1.54, 1.807) is 12.1 Å². The van der Waals surface area contributed by atoms with Crippen LogP contribution < -0.4 is 5.32 Å². The summed E-state index contributed by atoms with van der Waals surface area (Å²) in [7, 11) is 0. The third kappa shape index (κ3) is 3.22. The van der Waals surface area contributed by atoms with E-state index < -0.39 is 5.82 Å². The molecule has 0 saturated carbocycles. The minimum Gasteiger partial charge on any atom is -0.338 e. The van der Waals surface area contributed by atoms with Crippen LogP contribution >= 0.6 is 12.4 Å². The number of nitrogens with zero attached hydrogens (tertiary/aromatic N) is 1. The first-order chi connectivity index (χ1) is 9.60. The predicted molar refractivity (Wildman–Crippen MR) is 83.4 cm³/mol. The van der Waals surface area contributed by atoms with Crippen LogP contribution in [0, 0.1) is 18.2 Å². The number of halogens is 2. The summed E-state index contributed by atoms with van der Waals surface area (Å²) in [4.78, 5) is 14.4. The van der Waals surface area contributed by atoms with E-state index in [0.29, 0.717) is 0 Å². The second-order valence-corrected chi connectivity index (χ2v) is 6.21. The van der Waals surface area contributed by atoms with Gasteiger partial charge < -0.3 is 10.2 Å². The van der Waals surface area contributed by atoms with Crippen LogP contribution in [-0.4, -0.2) is 37.0 Å². The van der Waals surface area contributed by atoms with Crippen molar-refractivity contribution >= 4 is 18.3 Å². The SMILES string of the molecule is Cc1ccc(F)c(C(=O)N2CCC3(CCNCC3)C2)c1.Cl. The van der Waals surface area contributed by atoms with Crippen LogP contribution in [0.3, 0.4) is 0 Å². The fourth-order valence-electron chi connectivity index (χ4n) is 3.45. The fourth-order valence-corrected chi connectivity index (χ4v) is 3.45. The number of carbonyl (C=O) groups excluding carboxylic acids is 1. The monoisotopic (exact) mass is 312 g/mol. The zero-order valence-corrected chi connectivity index (χ0v) is 13.1.